The Bertz CT molecular complexity index is 849. The van der Waals surface area contributed by atoms with Gasteiger partial charge in [0.05, 0.1) is 4.90 Å². The summed E-state index contributed by atoms with van der Waals surface area (Å²) in [6.45, 7) is 0.890. The number of pyridine rings is 1. The van der Waals surface area contributed by atoms with E-state index in [-0.39, 0.29) is 10.8 Å². The molecule has 25 heavy (non-hydrogen) atoms. The molecule has 1 heterocycles. The lowest BCUT2D eigenvalue weighted by atomic mass is 10.2. The van der Waals surface area contributed by atoms with Crippen LogP contribution in [0.5, 0.6) is 0 Å². The zero-order chi connectivity index (χ0) is 17.9. The van der Waals surface area contributed by atoms with Crippen molar-refractivity contribution in [1.82, 2.24) is 14.6 Å². The molecular weight excluding hydrogens is 338 g/mol. The molecule has 6 nitrogen and oxygen atoms in total. The van der Waals surface area contributed by atoms with E-state index in [1.807, 2.05) is 12.1 Å². The van der Waals surface area contributed by atoms with E-state index in [1.165, 1.54) is 12.1 Å². The third-order valence-electron chi connectivity index (χ3n) is 4.17. The number of nitrogens with zero attached hydrogens (tertiary/aromatic N) is 2. The van der Waals surface area contributed by atoms with Crippen molar-refractivity contribution in [2.45, 2.75) is 24.3 Å². The lowest BCUT2D eigenvalue weighted by Gasteiger charge is -2.17. The van der Waals surface area contributed by atoms with Crippen LogP contribution in [-0.4, -0.2) is 37.8 Å². The molecule has 0 radical (unpaired) electrons. The first kappa shape index (κ1) is 17.6. The van der Waals surface area contributed by atoms with Crippen LogP contribution in [0.2, 0.25) is 0 Å². The Labute approximate surface area is 147 Å². The van der Waals surface area contributed by atoms with Gasteiger partial charge >= 0.3 is 0 Å². The molecule has 1 aliphatic carbocycles. The maximum Gasteiger partial charge on any atom is 0.253 e. The summed E-state index contributed by atoms with van der Waals surface area (Å²) in [5, 5.41) is 0. The Morgan fingerprint density at radius 3 is 2.64 bits per heavy atom. The van der Waals surface area contributed by atoms with Gasteiger partial charge in [-0.25, -0.2) is 13.1 Å². The number of amides is 1. The van der Waals surface area contributed by atoms with Crippen LogP contribution in [0.4, 0.5) is 0 Å². The van der Waals surface area contributed by atoms with Gasteiger partial charge in [0, 0.05) is 38.1 Å². The normalized spacial score (nSPS) is 14.3. The number of sulfonamides is 1. The van der Waals surface area contributed by atoms with Crippen LogP contribution in [0.25, 0.3) is 0 Å². The number of hydrogen-bond donors (Lipinski definition) is 1. The molecule has 1 aromatic heterocycles. The van der Waals surface area contributed by atoms with Crippen LogP contribution in [0.1, 0.15) is 28.8 Å². The predicted octanol–water partition coefficient (Wildman–Crippen LogP) is 2.04. The van der Waals surface area contributed by atoms with Crippen molar-refractivity contribution >= 4 is 15.9 Å². The highest BCUT2D eigenvalue weighted by molar-refractivity contribution is 7.89. The molecule has 7 heteroatoms. The zero-order valence-electron chi connectivity index (χ0n) is 14.1. The van der Waals surface area contributed by atoms with Crippen LogP contribution >= 0.6 is 0 Å². The summed E-state index contributed by atoms with van der Waals surface area (Å²) in [6, 6.07) is 9.85. The highest BCUT2D eigenvalue weighted by Crippen LogP contribution is 2.28. The molecule has 0 atom stereocenters. The number of carbonyl (C=O) groups is 1. The molecule has 0 bridgehead atoms. The Morgan fingerprint density at radius 2 is 1.96 bits per heavy atom. The standard InChI is InChI=1S/C18H21N3O3S/c1-21(13-15-7-9-19-10-8-15)18(22)16-3-2-4-17(11-16)25(23,24)20-12-14-5-6-14/h2-4,7-11,14,20H,5-6,12-13H2,1H3. The summed E-state index contributed by atoms with van der Waals surface area (Å²) in [4.78, 5) is 18.2. The second kappa shape index (κ2) is 7.33. The molecule has 1 saturated carbocycles. The highest BCUT2D eigenvalue weighted by Gasteiger charge is 2.24. The molecule has 1 aliphatic rings. The number of rotatable bonds is 7. The molecule has 3 rings (SSSR count). The second-order valence-corrected chi connectivity index (χ2v) is 8.11. The van der Waals surface area contributed by atoms with Gasteiger partial charge in [-0.15, -0.1) is 0 Å². The molecule has 0 saturated heterocycles. The first-order valence-corrected chi connectivity index (χ1v) is 9.68. The van der Waals surface area contributed by atoms with Gasteiger partial charge in [0.2, 0.25) is 10.0 Å². The maximum absolute atomic E-state index is 12.6. The van der Waals surface area contributed by atoms with E-state index in [1.54, 1.807) is 36.5 Å². The smallest absolute Gasteiger partial charge is 0.253 e. The summed E-state index contributed by atoms with van der Waals surface area (Å²) in [6.07, 6.45) is 5.49. The molecule has 2 aromatic rings. The van der Waals surface area contributed by atoms with Gasteiger partial charge < -0.3 is 4.90 Å². The minimum atomic E-state index is -3.58. The summed E-state index contributed by atoms with van der Waals surface area (Å²) >= 11 is 0. The topological polar surface area (TPSA) is 79.4 Å². The third kappa shape index (κ3) is 4.64. The van der Waals surface area contributed by atoms with Crippen molar-refractivity contribution in [1.29, 1.82) is 0 Å². The van der Waals surface area contributed by atoms with E-state index in [0.29, 0.717) is 24.6 Å². The molecular formula is C18H21N3O3S. The van der Waals surface area contributed by atoms with Crippen molar-refractivity contribution < 1.29 is 13.2 Å². The third-order valence-corrected chi connectivity index (χ3v) is 5.59. The van der Waals surface area contributed by atoms with E-state index < -0.39 is 10.0 Å². The lowest BCUT2D eigenvalue weighted by molar-refractivity contribution is 0.0785. The SMILES string of the molecule is CN(Cc1ccncc1)C(=O)c1cccc(S(=O)(=O)NCC2CC2)c1. The van der Waals surface area contributed by atoms with Gasteiger partial charge in [0.25, 0.3) is 5.91 Å². The molecule has 1 amide bonds. The van der Waals surface area contributed by atoms with Gasteiger partial charge in [-0.1, -0.05) is 6.07 Å². The maximum atomic E-state index is 12.6. The Balaban J connectivity index is 1.72. The molecule has 1 fully saturated rings. The molecule has 0 aliphatic heterocycles. The quantitative estimate of drug-likeness (QED) is 0.820. The van der Waals surface area contributed by atoms with Crippen molar-refractivity contribution in [3.05, 3.63) is 59.9 Å². The van der Waals surface area contributed by atoms with Gasteiger partial charge in [-0.2, -0.15) is 0 Å². The first-order valence-electron chi connectivity index (χ1n) is 8.20. The number of hydrogen-bond acceptors (Lipinski definition) is 4. The Hall–Kier alpha value is -2.25. The van der Waals surface area contributed by atoms with Crippen LogP contribution in [0.3, 0.4) is 0 Å². The van der Waals surface area contributed by atoms with Gasteiger partial charge in [0.15, 0.2) is 0 Å². The monoisotopic (exact) mass is 359 g/mol. The van der Waals surface area contributed by atoms with Crippen LogP contribution in [-0.2, 0) is 16.6 Å². The fraction of sp³-hybridized carbons (Fsp3) is 0.333. The van der Waals surface area contributed by atoms with E-state index in [4.69, 9.17) is 0 Å². The van der Waals surface area contributed by atoms with Crippen molar-refractivity contribution in [3.8, 4) is 0 Å². The average Bonchev–Trinajstić information content (AvgIpc) is 3.45. The van der Waals surface area contributed by atoms with E-state index in [9.17, 15) is 13.2 Å². The fourth-order valence-electron chi connectivity index (χ4n) is 2.48. The molecule has 0 spiro atoms. The van der Waals surface area contributed by atoms with Crippen LogP contribution in [0.15, 0.2) is 53.7 Å². The minimum Gasteiger partial charge on any atom is -0.337 e. The average molecular weight is 359 g/mol. The summed E-state index contributed by atoms with van der Waals surface area (Å²) < 4.78 is 27.3. The number of carbonyl (C=O) groups excluding carboxylic acids is 1. The van der Waals surface area contributed by atoms with E-state index in [2.05, 4.69) is 9.71 Å². The van der Waals surface area contributed by atoms with Gasteiger partial charge in [-0.3, -0.25) is 9.78 Å². The van der Waals surface area contributed by atoms with Gasteiger partial charge in [0.1, 0.15) is 0 Å². The van der Waals surface area contributed by atoms with Crippen LogP contribution < -0.4 is 4.72 Å². The summed E-state index contributed by atoms with van der Waals surface area (Å²) in [5.74, 6) is 0.224. The largest absolute Gasteiger partial charge is 0.337 e. The van der Waals surface area contributed by atoms with Crippen molar-refractivity contribution in [3.63, 3.8) is 0 Å². The molecule has 1 aromatic carbocycles. The summed E-state index contributed by atoms with van der Waals surface area (Å²) in [7, 11) is -1.90. The van der Waals surface area contributed by atoms with E-state index in [0.717, 1.165) is 18.4 Å². The molecule has 0 unspecified atom stereocenters. The first-order chi connectivity index (χ1) is 12.0. The van der Waals surface area contributed by atoms with Crippen molar-refractivity contribution in [2.75, 3.05) is 13.6 Å². The molecule has 1 N–H and O–H groups in total. The lowest BCUT2D eigenvalue weighted by Crippen LogP contribution is -2.28. The van der Waals surface area contributed by atoms with Crippen molar-refractivity contribution in [2.24, 2.45) is 5.92 Å². The minimum absolute atomic E-state index is 0.122. The second-order valence-electron chi connectivity index (χ2n) is 6.34. The number of aromatic nitrogens is 1. The highest BCUT2D eigenvalue weighted by atomic mass is 32.2. The Kier molecular flexibility index (Phi) is 5.15. The van der Waals surface area contributed by atoms with Crippen LogP contribution in [0, 0.1) is 5.92 Å². The van der Waals surface area contributed by atoms with E-state index >= 15 is 0 Å². The predicted molar refractivity (Wildman–Crippen MR) is 94.4 cm³/mol. The van der Waals surface area contributed by atoms with Gasteiger partial charge in [-0.05, 0) is 54.7 Å². The number of nitrogens with one attached hydrogen (secondary N) is 1. The number of benzene rings is 1. The molecule has 132 valence electrons. The Morgan fingerprint density at radius 1 is 1.24 bits per heavy atom. The summed E-state index contributed by atoms with van der Waals surface area (Å²) in [5.41, 5.74) is 1.31. The fourth-order valence-corrected chi connectivity index (χ4v) is 3.65. The zero-order valence-corrected chi connectivity index (χ0v) is 14.9.